The van der Waals surface area contributed by atoms with Crippen molar-refractivity contribution in [2.45, 2.75) is 26.0 Å². The number of hydrogen-bond donors (Lipinski definition) is 1. The predicted octanol–water partition coefficient (Wildman–Crippen LogP) is 4.22. The van der Waals surface area contributed by atoms with Gasteiger partial charge in [-0.1, -0.05) is 18.2 Å². The van der Waals surface area contributed by atoms with Crippen LogP contribution >= 0.6 is 0 Å². The lowest BCUT2D eigenvalue weighted by Gasteiger charge is -2.30. The molecule has 0 aliphatic heterocycles. The molecule has 2 aromatic rings. The number of aliphatic hydroxyl groups excluding tert-OH is 1. The Morgan fingerprint density at radius 1 is 1.00 bits per heavy atom. The van der Waals surface area contributed by atoms with Crippen molar-refractivity contribution in [2.75, 3.05) is 11.9 Å². The van der Waals surface area contributed by atoms with E-state index in [0.717, 1.165) is 0 Å². The van der Waals surface area contributed by atoms with Gasteiger partial charge >= 0.3 is 0 Å². The van der Waals surface area contributed by atoms with Crippen LogP contribution in [0.2, 0.25) is 0 Å². The molecule has 0 spiro atoms. The molecular formula is C17H19F2NO. The average molecular weight is 291 g/mol. The van der Waals surface area contributed by atoms with Gasteiger partial charge in [0.2, 0.25) is 0 Å². The highest BCUT2D eigenvalue weighted by atomic mass is 19.1. The van der Waals surface area contributed by atoms with Crippen molar-refractivity contribution in [1.29, 1.82) is 0 Å². The number of benzene rings is 2. The van der Waals surface area contributed by atoms with Crippen LogP contribution in [0.1, 0.15) is 37.1 Å². The van der Waals surface area contributed by atoms with Gasteiger partial charge in [-0.2, -0.15) is 0 Å². The number of aliphatic hydroxyl groups is 1. The largest absolute Gasteiger partial charge is 0.389 e. The minimum absolute atomic E-state index is 0.242. The second-order valence-electron chi connectivity index (χ2n) is 5.19. The lowest BCUT2D eigenvalue weighted by Crippen LogP contribution is -2.24. The van der Waals surface area contributed by atoms with E-state index in [1.807, 2.05) is 11.8 Å². The van der Waals surface area contributed by atoms with E-state index in [4.69, 9.17) is 0 Å². The maximum absolute atomic E-state index is 13.9. The molecule has 0 aliphatic carbocycles. The van der Waals surface area contributed by atoms with Crippen LogP contribution < -0.4 is 4.90 Å². The Morgan fingerprint density at radius 3 is 2.29 bits per heavy atom. The van der Waals surface area contributed by atoms with Crippen LogP contribution in [0.15, 0.2) is 42.5 Å². The van der Waals surface area contributed by atoms with Crippen LogP contribution in [0.25, 0.3) is 0 Å². The summed E-state index contributed by atoms with van der Waals surface area (Å²) in [5.74, 6) is -0.681. The zero-order chi connectivity index (χ0) is 15.6. The molecule has 2 rings (SSSR count). The highest BCUT2D eigenvalue weighted by molar-refractivity contribution is 5.55. The molecule has 0 heterocycles. The molecule has 0 saturated carbocycles. The number of nitrogens with zero attached hydrogens (tertiary/aromatic N) is 1. The van der Waals surface area contributed by atoms with Crippen molar-refractivity contribution >= 4 is 5.69 Å². The lowest BCUT2D eigenvalue weighted by atomic mass is 10.0. The molecule has 0 bridgehead atoms. The van der Waals surface area contributed by atoms with Crippen LogP contribution in [0.5, 0.6) is 0 Å². The molecule has 4 heteroatoms. The molecule has 1 N–H and O–H groups in total. The summed E-state index contributed by atoms with van der Waals surface area (Å²) in [6.45, 7) is 3.45. The zero-order valence-corrected chi connectivity index (χ0v) is 12.3. The molecule has 112 valence electrons. The van der Waals surface area contributed by atoms with E-state index < -0.39 is 11.9 Å². The summed E-state index contributed by atoms with van der Waals surface area (Å²) in [7, 11) is 1.80. The number of hydrogen-bond acceptors (Lipinski definition) is 2. The third-order valence-corrected chi connectivity index (χ3v) is 3.76. The molecule has 2 nitrogen and oxygen atoms in total. The molecule has 21 heavy (non-hydrogen) atoms. The van der Waals surface area contributed by atoms with Crippen molar-refractivity contribution in [2.24, 2.45) is 0 Å². The first-order chi connectivity index (χ1) is 9.91. The summed E-state index contributed by atoms with van der Waals surface area (Å²) in [6, 6.07) is 10.6. The first-order valence-corrected chi connectivity index (χ1v) is 6.86. The fraction of sp³-hybridized carbons (Fsp3) is 0.294. The molecule has 0 saturated heterocycles. The lowest BCUT2D eigenvalue weighted by molar-refractivity contribution is 0.199. The smallest absolute Gasteiger partial charge is 0.128 e. The maximum Gasteiger partial charge on any atom is 0.128 e. The molecule has 0 fully saturated rings. The van der Waals surface area contributed by atoms with E-state index in [2.05, 4.69) is 0 Å². The van der Waals surface area contributed by atoms with Crippen LogP contribution in [0.3, 0.4) is 0 Å². The van der Waals surface area contributed by atoms with Crippen LogP contribution in [0.4, 0.5) is 14.5 Å². The summed E-state index contributed by atoms with van der Waals surface area (Å²) < 4.78 is 27.3. The Kier molecular flexibility index (Phi) is 4.58. The van der Waals surface area contributed by atoms with Gasteiger partial charge in [-0.05, 0) is 38.1 Å². The summed E-state index contributed by atoms with van der Waals surface area (Å²) in [6.07, 6.45) is -0.800. The molecule has 2 aromatic carbocycles. The van der Waals surface area contributed by atoms with Crippen molar-refractivity contribution in [3.05, 3.63) is 65.2 Å². The standard InChI is InChI=1S/C17H19F2NO/c1-11(14-6-4-5-7-16(14)19)20(3)17-9-8-13(18)10-15(17)12(2)21/h4-12,21H,1-3H3/t11?,12-/m0/s1. The maximum atomic E-state index is 13.9. The zero-order valence-electron chi connectivity index (χ0n) is 12.3. The molecule has 1 unspecified atom stereocenters. The molecule has 2 atom stereocenters. The third-order valence-electron chi connectivity index (χ3n) is 3.76. The van der Waals surface area contributed by atoms with Crippen LogP contribution in [-0.4, -0.2) is 12.2 Å². The fourth-order valence-corrected chi connectivity index (χ4v) is 2.41. The number of anilines is 1. The van der Waals surface area contributed by atoms with Crippen LogP contribution in [-0.2, 0) is 0 Å². The Labute approximate surface area is 123 Å². The normalized spacial score (nSPS) is 13.8. The average Bonchev–Trinajstić information content (AvgIpc) is 2.46. The second-order valence-corrected chi connectivity index (χ2v) is 5.19. The number of rotatable bonds is 4. The van der Waals surface area contributed by atoms with E-state index in [1.165, 1.54) is 18.2 Å². The number of halogens is 2. The first-order valence-electron chi connectivity index (χ1n) is 6.86. The van der Waals surface area contributed by atoms with Gasteiger partial charge in [-0.25, -0.2) is 8.78 Å². The third kappa shape index (κ3) is 3.22. The van der Waals surface area contributed by atoms with E-state index >= 15 is 0 Å². The highest BCUT2D eigenvalue weighted by Gasteiger charge is 2.20. The van der Waals surface area contributed by atoms with E-state index in [9.17, 15) is 13.9 Å². The monoisotopic (exact) mass is 291 g/mol. The summed E-state index contributed by atoms with van der Waals surface area (Å²) in [4.78, 5) is 1.83. The topological polar surface area (TPSA) is 23.5 Å². The Morgan fingerprint density at radius 2 is 1.67 bits per heavy atom. The second kappa shape index (κ2) is 6.22. The summed E-state index contributed by atoms with van der Waals surface area (Å²) in [5.41, 5.74) is 1.73. The Bertz CT molecular complexity index is 628. The van der Waals surface area contributed by atoms with Gasteiger partial charge in [0, 0.05) is 23.9 Å². The summed E-state index contributed by atoms with van der Waals surface area (Å²) in [5, 5.41) is 9.82. The van der Waals surface area contributed by atoms with Gasteiger partial charge in [0.25, 0.3) is 0 Å². The van der Waals surface area contributed by atoms with Crippen molar-refractivity contribution in [3.63, 3.8) is 0 Å². The highest BCUT2D eigenvalue weighted by Crippen LogP contribution is 2.32. The molecule has 0 amide bonds. The quantitative estimate of drug-likeness (QED) is 0.912. The van der Waals surface area contributed by atoms with Gasteiger partial charge in [0.1, 0.15) is 11.6 Å². The SMILES string of the molecule is CC(c1ccccc1F)N(C)c1ccc(F)cc1[C@H](C)O. The fourth-order valence-electron chi connectivity index (χ4n) is 2.41. The van der Waals surface area contributed by atoms with E-state index in [0.29, 0.717) is 16.8 Å². The van der Waals surface area contributed by atoms with Gasteiger partial charge in [-0.3, -0.25) is 0 Å². The molecular weight excluding hydrogens is 272 g/mol. The van der Waals surface area contributed by atoms with Crippen LogP contribution in [0, 0.1) is 11.6 Å². The molecule has 0 aromatic heterocycles. The van der Waals surface area contributed by atoms with Gasteiger partial charge in [0.05, 0.1) is 12.1 Å². The Hall–Kier alpha value is -1.94. The van der Waals surface area contributed by atoms with Crippen molar-refractivity contribution in [1.82, 2.24) is 0 Å². The van der Waals surface area contributed by atoms with E-state index in [-0.39, 0.29) is 11.9 Å². The van der Waals surface area contributed by atoms with Crippen molar-refractivity contribution < 1.29 is 13.9 Å². The molecule has 0 aliphatic rings. The van der Waals surface area contributed by atoms with Crippen molar-refractivity contribution in [3.8, 4) is 0 Å². The minimum Gasteiger partial charge on any atom is -0.389 e. The summed E-state index contributed by atoms with van der Waals surface area (Å²) >= 11 is 0. The van der Waals surface area contributed by atoms with E-state index in [1.54, 1.807) is 38.2 Å². The first kappa shape index (κ1) is 15.4. The van der Waals surface area contributed by atoms with Gasteiger partial charge < -0.3 is 10.0 Å². The molecule has 0 radical (unpaired) electrons. The minimum atomic E-state index is -0.800. The van der Waals surface area contributed by atoms with Gasteiger partial charge in [-0.15, -0.1) is 0 Å². The van der Waals surface area contributed by atoms with Gasteiger partial charge in [0.15, 0.2) is 0 Å². The Balaban J connectivity index is 2.40. The predicted molar refractivity (Wildman–Crippen MR) is 80.3 cm³/mol.